The molecule has 0 aliphatic carbocycles. The van der Waals surface area contributed by atoms with Gasteiger partial charge in [0.05, 0.1) is 6.61 Å². The zero-order chi connectivity index (χ0) is 12.1. The Morgan fingerprint density at radius 3 is 2.62 bits per heavy atom. The molecule has 0 fully saturated rings. The third kappa shape index (κ3) is 3.37. The quantitative estimate of drug-likeness (QED) is 0.708. The van der Waals surface area contributed by atoms with Crippen LogP contribution in [0.4, 0.5) is 0 Å². The predicted molar refractivity (Wildman–Crippen MR) is 66.1 cm³/mol. The Balaban J connectivity index is 2.72. The molecule has 1 aromatic rings. The van der Waals surface area contributed by atoms with Crippen LogP contribution in [-0.4, -0.2) is 12.4 Å². The van der Waals surface area contributed by atoms with Crippen LogP contribution in [0.1, 0.15) is 43.1 Å². The van der Waals surface area contributed by atoms with Gasteiger partial charge in [0.1, 0.15) is 5.75 Å². The summed E-state index contributed by atoms with van der Waals surface area (Å²) in [4.78, 5) is 11.2. The summed E-state index contributed by atoms with van der Waals surface area (Å²) in [6, 6.07) is 5.59. The zero-order valence-corrected chi connectivity index (χ0v) is 10.5. The summed E-state index contributed by atoms with van der Waals surface area (Å²) in [6.07, 6.45) is 1.12. The Labute approximate surface area is 97.6 Å². The van der Waals surface area contributed by atoms with Crippen molar-refractivity contribution in [1.29, 1.82) is 0 Å². The lowest BCUT2D eigenvalue weighted by molar-refractivity contribution is 0.101. The second kappa shape index (κ2) is 5.69. The number of Topliss-reactive ketones (excluding diaryl/α,β-unsaturated/α-hetero) is 1. The van der Waals surface area contributed by atoms with Gasteiger partial charge in [0, 0.05) is 5.56 Å². The van der Waals surface area contributed by atoms with Gasteiger partial charge in [-0.05, 0) is 43.5 Å². The molecule has 0 aromatic heterocycles. The normalized spacial score (nSPS) is 12.2. The van der Waals surface area contributed by atoms with E-state index in [1.165, 1.54) is 0 Å². The number of rotatable bonds is 5. The monoisotopic (exact) mass is 220 g/mol. The van der Waals surface area contributed by atoms with Crippen LogP contribution in [0.25, 0.3) is 0 Å². The Bertz CT molecular complexity index is 369. The van der Waals surface area contributed by atoms with E-state index >= 15 is 0 Å². The topological polar surface area (TPSA) is 26.3 Å². The highest BCUT2D eigenvalue weighted by atomic mass is 16.5. The van der Waals surface area contributed by atoms with Crippen LogP contribution in [0.15, 0.2) is 18.2 Å². The van der Waals surface area contributed by atoms with Crippen molar-refractivity contribution in [1.82, 2.24) is 0 Å². The van der Waals surface area contributed by atoms with Gasteiger partial charge in [-0.15, -0.1) is 0 Å². The lowest BCUT2D eigenvalue weighted by Gasteiger charge is -2.13. The summed E-state index contributed by atoms with van der Waals surface area (Å²) < 4.78 is 5.71. The highest BCUT2D eigenvalue weighted by Gasteiger charge is 2.06. The van der Waals surface area contributed by atoms with E-state index in [-0.39, 0.29) is 5.78 Å². The lowest BCUT2D eigenvalue weighted by atomic mass is 10.1. The Morgan fingerprint density at radius 2 is 2.12 bits per heavy atom. The summed E-state index contributed by atoms with van der Waals surface area (Å²) in [7, 11) is 0. The zero-order valence-electron chi connectivity index (χ0n) is 10.5. The minimum atomic E-state index is 0.0941. The van der Waals surface area contributed by atoms with Crippen molar-refractivity contribution in [2.45, 2.75) is 34.1 Å². The number of hydrogen-bond donors (Lipinski definition) is 0. The minimum absolute atomic E-state index is 0.0941. The first-order valence-corrected chi connectivity index (χ1v) is 5.79. The maximum Gasteiger partial charge on any atom is 0.159 e. The van der Waals surface area contributed by atoms with Crippen molar-refractivity contribution in [3.05, 3.63) is 29.3 Å². The third-order valence-electron chi connectivity index (χ3n) is 2.80. The van der Waals surface area contributed by atoms with E-state index in [2.05, 4.69) is 13.8 Å². The molecule has 1 unspecified atom stereocenters. The summed E-state index contributed by atoms with van der Waals surface area (Å²) in [6.45, 7) is 8.60. The van der Waals surface area contributed by atoms with Gasteiger partial charge in [-0.2, -0.15) is 0 Å². The summed E-state index contributed by atoms with van der Waals surface area (Å²) in [5, 5.41) is 0. The van der Waals surface area contributed by atoms with Crippen LogP contribution in [0, 0.1) is 12.8 Å². The molecule has 16 heavy (non-hydrogen) atoms. The maximum atomic E-state index is 11.2. The smallest absolute Gasteiger partial charge is 0.159 e. The van der Waals surface area contributed by atoms with Crippen molar-refractivity contribution in [3.8, 4) is 5.75 Å². The van der Waals surface area contributed by atoms with Crippen LogP contribution in [0.3, 0.4) is 0 Å². The second-order valence-electron chi connectivity index (χ2n) is 4.36. The highest BCUT2D eigenvalue weighted by Crippen LogP contribution is 2.20. The molecule has 0 aliphatic rings. The Kier molecular flexibility index (Phi) is 4.53. The fraction of sp³-hybridized carbons (Fsp3) is 0.500. The van der Waals surface area contributed by atoms with E-state index in [1.54, 1.807) is 6.92 Å². The van der Waals surface area contributed by atoms with Crippen molar-refractivity contribution in [2.75, 3.05) is 6.61 Å². The van der Waals surface area contributed by atoms with Gasteiger partial charge in [0.2, 0.25) is 0 Å². The van der Waals surface area contributed by atoms with Gasteiger partial charge in [0.15, 0.2) is 5.78 Å². The molecule has 0 aliphatic heterocycles. The molecule has 0 heterocycles. The van der Waals surface area contributed by atoms with E-state index in [1.807, 2.05) is 25.1 Å². The average molecular weight is 220 g/mol. The molecule has 0 saturated heterocycles. The average Bonchev–Trinajstić information content (AvgIpc) is 2.26. The van der Waals surface area contributed by atoms with E-state index in [9.17, 15) is 4.79 Å². The molecule has 0 N–H and O–H groups in total. The molecule has 0 spiro atoms. The first-order chi connectivity index (χ1) is 7.54. The molecule has 2 heteroatoms. The summed E-state index contributed by atoms with van der Waals surface area (Å²) in [5.74, 6) is 1.54. The van der Waals surface area contributed by atoms with Crippen LogP contribution in [0.2, 0.25) is 0 Å². The number of carbonyl (C=O) groups is 1. The molecule has 1 rings (SSSR count). The van der Waals surface area contributed by atoms with Gasteiger partial charge < -0.3 is 4.74 Å². The van der Waals surface area contributed by atoms with Gasteiger partial charge >= 0.3 is 0 Å². The fourth-order valence-corrected chi connectivity index (χ4v) is 1.38. The molecule has 0 saturated carbocycles. The fourth-order valence-electron chi connectivity index (χ4n) is 1.38. The molecule has 0 amide bonds. The van der Waals surface area contributed by atoms with Crippen molar-refractivity contribution >= 4 is 5.78 Å². The number of aryl methyl sites for hydroxylation is 1. The lowest BCUT2D eigenvalue weighted by Crippen LogP contribution is -2.08. The van der Waals surface area contributed by atoms with Gasteiger partial charge in [-0.25, -0.2) is 0 Å². The first-order valence-electron chi connectivity index (χ1n) is 5.79. The number of hydrogen-bond acceptors (Lipinski definition) is 2. The molecule has 88 valence electrons. The minimum Gasteiger partial charge on any atom is -0.493 e. The van der Waals surface area contributed by atoms with Gasteiger partial charge in [-0.3, -0.25) is 4.79 Å². The molecule has 2 nitrogen and oxygen atoms in total. The SMILES string of the molecule is CCC(C)COc1ccc(C(C)=O)cc1C. The largest absolute Gasteiger partial charge is 0.493 e. The second-order valence-corrected chi connectivity index (χ2v) is 4.36. The number of ether oxygens (including phenoxy) is 1. The van der Waals surface area contributed by atoms with Crippen LogP contribution in [0.5, 0.6) is 5.75 Å². The molecule has 1 aromatic carbocycles. The standard InChI is InChI=1S/C14H20O2/c1-5-10(2)9-16-14-7-6-13(12(4)15)8-11(14)3/h6-8,10H,5,9H2,1-4H3. The molecule has 0 radical (unpaired) electrons. The van der Waals surface area contributed by atoms with Gasteiger partial charge in [0.25, 0.3) is 0 Å². The number of benzene rings is 1. The van der Waals surface area contributed by atoms with E-state index < -0.39 is 0 Å². The van der Waals surface area contributed by atoms with E-state index in [0.717, 1.165) is 29.9 Å². The highest BCUT2D eigenvalue weighted by molar-refractivity contribution is 5.94. The Morgan fingerprint density at radius 1 is 1.44 bits per heavy atom. The van der Waals surface area contributed by atoms with Crippen LogP contribution >= 0.6 is 0 Å². The van der Waals surface area contributed by atoms with Crippen molar-refractivity contribution < 1.29 is 9.53 Å². The van der Waals surface area contributed by atoms with Crippen molar-refractivity contribution in [3.63, 3.8) is 0 Å². The maximum absolute atomic E-state index is 11.2. The molecule has 0 bridgehead atoms. The molecule has 1 atom stereocenters. The molecular formula is C14H20O2. The number of ketones is 1. The number of carbonyl (C=O) groups excluding carboxylic acids is 1. The summed E-state index contributed by atoms with van der Waals surface area (Å²) in [5.41, 5.74) is 1.77. The Hall–Kier alpha value is -1.31. The summed E-state index contributed by atoms with van der Waals surface area (Å²) >= 11 is 0. The predicted octanol–water partition coefficient (Wildman–Crippen LogP) is 3.62. The van der Waals surface area contributed by atoms with Crippen LogP contribution < -0.4 is 4.74 Å². The first kappa shape index (κ1) is 12.8. The van der Waals surface area contributed by atoms with Crippen LogP contribution in [-0.2, 0) is 0 Å². The van der Waals surface area contributed by atoms with Crippen molar-refractivity contribution in [2.24, 2.45) is 5.92 Å². The van der Waals surface area contributed by atoms with E-state index in [0.29, 0.717) is 5.92 Å². The third-order valence-corrected chi connectivity index (χ3v) is 2.80. The van der Waals surface area contributed by atoms with Gasteiger partial charge in [-0.1, -0.05) is 20.3 Å². The molecular weight excluding hydrogens is 200 g/mol. The van der Waals surface area contributed by atoms with E-state index in [4.69, 9.17) is 4.74 Å².